The monoisotopic (exact) mass is 252 g/mol. The molecule has 2 rings (SSSR count). The first kappa shape index (κ1) is 12.7. The highest BCUT2D eigenvalue weighted by Crippen LogP contribution is 2.31. The molecule has 2 unspecified atom stereocenters. The molecule has 94 valence electrons. The van der Waals surface area contributed by atoms with Crippen LogP contribution in [0.15, 0.2) is 16.1 Å². The Morgan fingerprint density at radius 3 is 3.06 bits per heavy atom. The highest BCUT2D eigenvalue weighted by atomic mass is 32.2. The summed E-state index contributed by atoms with van der Waals surface area (Å²) in [5, 5.41) is 0.763. The first-order valence-electron chi connectivity index (χ1n) is 6.34. The third-order valence-corrected chi connectivity index (χ3v) is 4.57. The van der Waals surface area contributed by atoms with E-state index in [0.717, 1.165) is 22.7 Å². The molecule has 1 aliphatic rings. The Hall–Kier alpha value is -0.770. The summed E-state index contributed by atoms with van der Waals surface area (Å²) in [5.41, 5.74) is 0.667. The molecule has 0 aromatic carbocycles. The summed E-state index contributed by atoms with van der Waals surface area (Å²) >= 11 is 1.69. The number of nitrogens with one attached hydrogen (secondary N) is 1. The number of H-pyrrole nitrogens is 1. The maximum atomic E-state index is 11.4. The van der Waals surface area contributed by atoms with Crippen LogP contribution < -0.4 is 5.56 Å². The van der Waals surface area contributed by atoms with Gasteiger partial charge in [-0.15, -0.1) is 0 Å². The first-order chi connectivity index (χ1) is 8.15. The third-order valence-electron chi connectivity index (χ3n) is 3.45. The van der Waals surface area contributed by atoms with Gasteiger partial charge in [0.25, 0.3) is 5.56 Å². The van der Waals surface area contributed by atoms with Crippen molar-refractivity contribution in [1.29, 1.82) is 0 Å². The second-order valence-electron chi connectivity index (χ2n) is 5.15. The van der Waals surface area contributed by atoms with E-state index in [0.29, 0.717) is 5.56 Å². The summed E-state index contributed by atoms with van der Waals surface area (Å²) in [5.74, 6) is 2.73. The molecule has 1 heterocycles. The zero-order chi connectivity index (χ0) is 12.3. The lowest BCUT2D eigenvalue weighted by molar-refractivity contribution is 0.305. The number of aryl methyl sites for hydroxylation is 1. The van der Waals surface area contributed by atoms with Crippen molar-refractivity contribution in [3.05, 3.63) is 22.1 Å². The minimum absolute atomic E-state index is 0.0143. The lowest BCUT2D eigenvalue weighted by atomic mass is 9.83. The summed E-state index contributed by atoms with van der Waals surface area (Å²) in [6.45, 7) is 4.12. The van der Waals surface area contributed by atoms with Gasteiger partial charge >= 0.3 is 0 Å². The lowest BCUT2D eigenvalue weighted by Gasteiger charge is -2.26. The van der Waals surface area contributed by atoms with E-state index in [-0.39, 0.29) is 5.56 Å². The van der Waals surface area contributed by atoms with Crippen LogP contribution in [0.4, 0.5) is 0 Å². The molecular formula is C13H20N2OS. The van der Waals surface area contributed by atoms with E-state index in [9.17, 15) is 4.79 Å². The average molecular weight is 252 g/mol. The SMILES string of the molecule is Cc1cnc(SCC2CCCC(C)C2)[nH]c1=O. The predicted octanol–water partition coefficient (Wildman–Crippen LogP) is 3.00. The molecule has 1 saturated carbocycles. The van der Waals surface area contributed by atoms with Crippen LogP contribution in [0.25, 0.3) is 0 Å². The van der Waals surface area contributed by atoms with Gasteiger partial charge in [0.05, 0.1) is 0 Å². The van der Waals surface area contributed by atoms with Gasteiger partial charge in [-0.3, -0.25) is 4.79 Å². The Labute approximate surface area is 106 Å². The zero-order valence-corrected chi connectivity index (χ0v) is 11.3. The maximum absolute atomic E-state index is 11.4. The smallest absolute Gasteiger partial charge is 0.254 e. The highest BCUT2D eigenvalue weighted by molar-refractivity contribution is 7.99. The molecule has 1 fully saturated rings. The number of rotatable bonds is 3. The predicted molar refractivity (Wildman–Crippen MR) is 71.4 cm³/mol. The van der Waals surface area contributed by atoms with E-state index in [4.69, 9.17) is 0 Å². The van der Waals surface area contributed by atoms with Gasteiger partial charge in [-0.05, 0) is 31.6 Å². The van der Waals surface area contributed by atoms with Gasteiger partial charge in [-0.2, -0.15) is 0 Å². The number of aromatic amines is 1. The van der Waals surface area contributed by atoms with Gasteiger partial charge in [0.15, 0.2) is 5.16 Å². The molecular weight excluding hydrogens is 232 g/mol. The van der Waals surface area contributed by atoms with Crippen LogP contribution in [0.3, 0.4) is 0 Å². The van der Waals surface area contributed by atoms with Crippen molar-refractivity contribution in [3.63, 3.8) is 0 Å². The number of hydrogen-bond donors (Lipinski definition) is 1. The number of thioether (sulfide) groups is 1. The Bertz CT molecular complexity index is 430. The Kier molecular flexibility index (Phi) is 4.26. The molecule has 0 aliphatic heterocycles. The van der Waals surface area contributed by atoms with Crippen LogP contribution in [0.2, 0.25) is 0 Å². The van der Waals surface area contributed by atoms with Gasteiger partial charge < -0.3 is 4.98 Å². The van der Waals surface area contributed by atoms with Crippen LogP contribution in [-0.4, -0.2) is 15.7 Å². The maximum Gasteiger partial charge on any atom is 0.254 e. The van der Waals surface area contributed by atoms with E-state index < -0.39 is 0 Å². The summed E-state index contributed by atoms with van der Waals surface area (Å²) in [4.78, 5) is 18.5. The standard InChI is InChI=1S/C13H20N2OS/c1-9-4-3-5-11(6-9)8-17-13-14-7-10(2)12(16)15-13/h7,9,11H,3-6,8H2,1-2H3,(H,14,15,16). The topological polar surface area (TPSA) is 45.8 Å². The van der Waals surface area contributed by atoms with Crippen LogP contribution >= 0.6 is 11.8 Å². The molecule has 1 N–H and O–H groups in total. The van der Waals surface area contributed by atoms with Gasteiger partial charge in [-0.25, -0.2) is 4.98 Å². The molecule has 1 aromatic heterocycles. The molecule has 0 spiro atoms. The van der Waals surface area contributed by atoms with Crippen molar-refractivity contribution in [2.75, 3.05) is 5.75 Å². The van der Waals surface area contributed by atoms with Crippen molar-refractivity contribution in [2.24, 2.45) is 11.8 Å². The van der Waals surface area contributed by atoms with E-state index >= 15 is 0 Å². The Balaban J connectivity index is 1.89. The molecule has 2 atom stereocenters. The second-order valence-corrected chi connectivity index (χ2v) is 6.16. The lowest BCUT2D eigenvalue weighted by Crippen LogP contribution is -2.16. The van der Waals surface area contributed by atoms with Gasteiger partial charge in [0.1, 0.15) is 0 Å². The second kappa shape index (κ2) is 5.71. The van der Waals surface area contributed by atoms with Crippen LogP contribution in [0.5, 0.6) is 0 Å². The molecule has 0 amide bonds. The number of nitrogens with zero attached hydrogens (tertiary/aromatic N) is 1. The molecule has 0 saturated heterocycles. The van der Waals surface area contributed by atoms with Crippen molar-refractivity contribution in [2.45, 2.75) is 44.7 Å². The summed E-state index contributed by atoms with van der Waals surface area (Å²) in [6.07, 6.45) is 7.03. The third kappa shape index (κ3) is 3.60. The van der Waals surface area contributed by atoms with Gasteiger partial charge in [-0.1, -0.05) is 31.5 Å². The highest BCUT2D eigenvalue weighted by Gasteiger charge is 2.19. The fourth-order valence-electron chi connectivity index (χ4n) is 2.42. The fourth-order valence-corrected chi connectivity index (χ4v) is 3.41. The summed E-state index contributed by atoms with van der Waals surface area (Å²) in [7, 11) is 0. The zero-order valence-electron chi connectivity index (χ0n) is 10.5. The van der Waals surface area contributed by atoms with Crippen molar-refractivity contribution in [3.8, 4) is 0 Å². The molecule has 1 aromatic rings. The number of hydrogen-bond acceptors (Lipinski definition) is 3. The average Bonchev–Trinajstić information content (AvgIpc) is 2.31. The summed E-state index contributed by atoms with van der Waals surface area (Å²) in [6, 6.07) is 0. The molecule has 3 nitrogen and oxygen atoms in total. The minimum Gasteiger partial charge on any atom is -0.301 e. The molecule has 17 heavy (non-hydrogen) atoms. The van der Waals surface area contributed by atoms with Gasteiger partial charge in [0, 0.05) is 17.5 Å². The largest absolute Gasteiger partial charge is 0.301 e. The van der Waals surface area contributed by atoms with E-state index in [1.807, 2.05) is 0 Å². The van der Waals surface area contributed by atoms with Crippen molar-refractivity contribution < 1.29 is 0 Å². The Morgan fingerprint density at radius 1 is 1.53 bits per heavy atom. The fraction of sp³-hybridized carbons (Fsp3) is 0.692. The number of aromatic nitrogens is 2. The van der Waals surface area contributed by atoms with Gasteiger partial charge in [0.2, 0.25) is 0 Å². The van der Waals surface area contributed by atoms with Crippen LogP contribution in [-0.2, 0) is 0 Å². The van der Waals surface area contributed by atoms with Crippen LogP contribution in [0, 0.1) is 18.8 Å². The molecule has 1 aliphatic carbocycles. The van der Waals surface area contributed by atoms with Crippen molar-refractivity contribution >= 4 is 11.8 Å². The van der Waals surface area contributed by atoms with E-state index in [1.54, 1.807) is 24.9 Å². The quantitative estimate of drug-likeness (QED) is 0.664. The molecule has 0 bridgehead atoms. The van der Waals surface area contributed by atoms with Crippen LogP contribution in [0.1, 0.15) is 38.2 Å². The summed E-state index contributed by atoms with van der Waals surface area (Å²) < 4.78 is 0. The van der Waals surface area contributed by atoms with Crippen molar-refractivity contribution in [1.82, 2.24) is 9.97 Å². The normalized spacial score (nSPS) is 24.8. The Morgan fingerprint density at radius 2 is 2.35 bits per heavy atom. The minimum atomic E-state index is -0.0143. The van der Waals surface area contributed by atoms with E-state index in [1.165, 1.54) is 25.7 Å². The first-order valence-corrected chi connectivity index (χ1v) is 7.32. The van der Waals surface area contributed by atoms with E-state index in [2.05, 4.69) is 16.9 Å². The molecule has 4 heteroatoms. The molecule has 0 radical (unpaired) electrons.